The molecule has 4 rings (SSSR count). The minimum Gasteiger partial charge on any atom is -0.356 e. The van der Waals surface area contributed by atoms with Gasteiger partial charge in [-0.15, -0.1) is 0 Å². The number of hydrogen-bond donors (Lipinski definition) is 2. The molecule has 1 saturated carbocycles. The first-order valence-electron chi connectivity index (χ1n) is 11.2. The van der Waals surface area contributed by atoms with Gasteiger partial charge in [0.2, 0.25) is 11.8 Å². The molecule has 0 radical (unpaired) electrons. The maximum absolute atomic E-state index is 13.5. The van der Waals surface area contributed by atoms with E-state index in [2.05, 4.69) is 10.6 Å². The molecular weight excluding hydrogens is 387 g/mol. The van der Waals surface area contributed by atoms with Gasteiger partial charge >= 0.3 is 0 Å². The summed E-state index contributed by atoms with van der Waals surface area (Å²) in [6, 6.07) is 4.18. The topological polar surface area (TPSA) is 76.7 Å². The molecule has 0 bridgehead atoms. The third kappa shape index (κ3) is 4.67. The lowest BCUT2D eigenvalue weighted by atomic mass is 9.75. The van der Waals surface area contributed by atoms with E-state index in [9.17, 15) is 14.0 Å². The number of carbonyl (C=O) groups is 2. The number of rotatable bonds is 6. The van der Waals surface area contributed by atoms with Crippen LogP contribution in [-0.4, -0.2) is 37.9 Å². The summed E-state index contributed by atoms with van der Waals surface area (Å²) in [6.45, 7) is 1.86. The maximum Gasteiger partial charge on any atom is 0.228 e. The number of ether oxygens (including phenoxy) is 2. The van der Waals surface area contributed by atoms with Crippen molar-refractivity contribution in [3.8, 4) is 0 Å². The molecule has 1 aromatic carbocycles. The number of halogens is 1. The molecule has 1 unspecified atom stereocenters. The highest BCUT2D eigenvalue weighted by Gasteiger charge is 2.42. The van der Waals surface area contributed by atoms with Gasteiger partial charge in [0.1, 0.15) is 5.82 Å². The van der Waals surface area contributed by atoms with E-state index in [-0.39, 0.29) is 29.9 Å². The fraction of sp³-hybridized carbons (Fsp3) is 0.652. The average molecular weight is 419 g/mol. The van der Waals surface area contributed by atoms with Crippen LogP contribution in [0.3, 0.4) is 0 Å². The first-order valence-corrected chi connectivity index (χ1v) is 11.2. The van der Waals surface area contributed by atoms with Gasteiger partial charge in [0.15, 0.2) is 6.29 Å². The maximum atomic E-state index is 13.5. The highest BCUT2D eigenvalue weighted by Crippen LogP contribution is 2.44. The van der Waals surface area contributed by atoms with Gasteiger partial charge in [-0.3, -0.25) is 9.59 Å². The van der Waals surface area contributed by atoms with E-state index in [1.165, 1.54) is 37.8 Å². The Hall–Kier alpha value is -1.99. The number of benzene rings is 1. The van der Waals surface area contributed by atoms with Crippen LogP contribution in [0.15, 0.2) is 18.2 Å². The molecule has 30 heavy (non-hydrogen) atoms. The zero-order valence-corrected chi connectivity index (χ0v) is 17.4. The summed E-state index contributed by atoms with van der Waals surface area (Å²) in [5.74, 6) is -1.45. The molecule has 3 aliphatic rings. The van der Waals surface area contributed by atoms with Crippen LogP contribution in [0, 0.1) is 11.2 Å². The molecule has 1 aromatic rings. The van der Waals surface area contributed by atoms with Gasteiger partial charge in [0.25, 0.3) is 0 Å². The molecule has 2 amide bonds. The lowest BCUT2D eigenvalue weighted by molar-refractivity contribution is -0.143. The average Bonchev–Trinajstić information content (AvgIpc) is 3.17. The van der Waals surface area contributed by atoms with Crippen molar-refractivity contribution in [2.75, 3.05) is 25.1 Å². The second kappa shape index (κ2) is 9.43. The second-order valence-corrected chi connectivity index (χ2v) is 8.78. The van der Waals surface area contributed by atoms with Gasteiger partial charge in [0.05, 0.1) is 19.1 Å². The number of nitrogens with one attached hydrogen (secondary N) is 2. The number of hydrogen-bond acceptors (Lipinski definition) is 4. The van der Waals surface area contributed by atoms with Gasteiger partial charge in [-0.2, -0.15) is 0 Å². The lowest BCUT2D eigenvalue weighted by Gasteiger charge is -2.37. The van der Waals surface area contributed by atoms with Crippen LogP contribution in [0.25, 0.3) is 0 Å². The molecule has 0 spiro atoms. The van der Waals surface area contributed by atoms with E-state index in [4.69, 9.17) is 9.47 Å². The highest BCUT2D eigenvalue weighted by molar-refractivity contribution is 6.01. The number of anilines is 1. The van der Waals surface area contributed by atoms with Crippen LogP contribution in [0.4, 0.5) is 10.1 Å². The summed E-state index contributed by atoms with van der Waals surface area (Å²) in [7, 11) is 0. The summed E-state index contributed by atoms with van der Waals surface area (Å²) in [5.41, 5.74) is 1.09. The number of fused-ring (bicyclic) bond motifs is 1. The Morgan fingerprint density at radius 1 is 1.17 bits per heavy atom. The Morgan fingerprint density at radius 2 is 1.90 bits per heavy atom. The molecule has 1 atom stereocenters. The van der Waals surface area contributed by atoms with E-state index in [0.717, 1.165) is 25.7 Å². The van der Waals surface area contributed by atoms with Crippen LogP contribution in [-0.2, 0) is 19.1 Å². The summed E-state index contributed by atoms with van der Waals surface area (Å²) in [6.07, 6.45) is 8.85. The Labute approximate surface area is 176 Å². The molecule has 164 valence electrons. The molecule has 1 aliphatic carbocycles. The van der Waals surface area contributed by atoms with Crippen molar-refractivity contribution in [1.29, 1.82) is 0 Å². The van der Waals surface area contributed by atoms with Gasteiger partial charge in [-0.25, -0.2) is 4.39 Å². The van der Waals surface area contributed by atoms with Crippen molar-refractivity contribution in [2.45, 2.75) is 70.0 Å². The Morgan fingerprint density at radius 3 is 2.63 bits per heavy atom. The molecule has 2 N–H and O–H groups in total. The largest absolute Gasteiger partial charge is 0.356 e. The van der Waals surface area contributed by atoms with Crippen LogP contribution >= 0.6 is 0 Å². The molecule has 7 heteroatoms. The molecule has 0 aromatic heterocycles. The van der Waals surface area contributed by atoms with Crippen molar-refractivity contribution in [2.24, 2.45) is 5.41 Å². The van der Waals surface area contributed by atoms with Crippen molar-refractivity contribution in [1.82, 2.24) is 5.32 Å². The zero-order chi connectivity index (χ0) is 21.0. The predicted octanol–water partition coefficient (Wildman–Crippen LogP) is 3.86. The van der Waals surface area contributed by atoms with Gasteiger partial charge in [-0.1, -0.05) is 31.7 Å². The van der Waals surface area contributed by atoms with E-state index in [1.807, 2.05) is 0 Å². The molecule has 6 nitrogen and oxygen atoms in total. The minimum absolute atomic E-state index is 0.0343. The first-order chi connectivity index (χ1) is 14.6. The standard InChI is InChI=1S/C23H31FN2O4/c24-16-6-7-17-18(15-20(27)26-19(17)14-16)21(28)25-11-5-10-23(22-29-12-13-30-22)8-3-1-2-4-9-23/h6-7,14,18,22H,1-5,8-13,15H2,(H,25,28)(H,26,27). The zero-order valence-electron chi connectivity index (χ0n) is 17.4. The SMILES string of the molecule is O=C1CC(C(=O)NCCCC2(C3OCCO3)CCCCCC2)c2ccc(F)cc2N1. The summed E-state index contributed by atoms with van der Waals surface area (Å²) < 4.78 is 25.3. The fourth-order valence-corrected chi connectivity index (χ4v) is 5.19. The van der Waals surface area contributed by atoms with Gasteiger partial charge in [-0.05, 0) is 43.4 Å². The second-order valence-electron chi connectivity index (χ2n) is 8.78. The number of amides is 2. The predicted molar refractivity (Wildman–Crippen MR) is 110 cm³/mol. The fourth-order valence-electron chi connectivity index (χ4n) is 5.19. The van der Waals surface area contributed by atoms with Crippen LogP contribution in [0.1, 0.15) is 69.3 Å². The van der Waals surface area contributed by atoms with E-state index >= 15 is 0 Å². The first kappa shape index (κ1) is 21.2. The van der Waals surface area contributed by atoms with Crippen molar-refractivity contribution in [3.63, 3.8) is 0 Å². The van der Waals surface area contributed by atoms with Gasteiger partial charge < -0.3 is 20.1 Å². The quantitative estimate of drug-likeness (QED) is 0.543. The molecular formula is C23H31FN2O4. The lowest BCUT2D eigenvalue weighted by Crippen LogP contribution is -2.38. The monoisotopic (exact) mass is 418 g/mol. The van der Waals surface area contributed by atoms with Crippen LogP contribution in [0.5, 0.6) is 0 Å². The normalized spacial score (nSPS) is 24.0. The Balaban J connectivity index is 1.34. The molecule has 2 fully saturated rings. The van der Waals surface area contributed by atoms with Crippen molar-refractivity contribution < 1.29 is 23.5 Å². The third-order valence-electron chi connectivity index (χ3n) is 6.74. The number of carbonyl (C=O) groups excluding carboxylic acids is 2. The van der Waals surface area contributed by atoms with Crippen molar-refractivity contribution >= 4 is 17.5 Å². The third-order valence-corrected chi connectivity index (χ3v) is 6.74. The Kier molecular flexibility index (Phi) is 6.68. The van der Waals surface area contributed by atoms with Crippen LogP contribution in [0.2, 0.25) is 0 Å². The minimum atomic E-state index is -0.581. The molecule has 2 aliphatic heterocycles. The highest BCUT2D eigenvalue weighted by atomic mass is 19.1. The van der Waals surface area contributed by atoms with E-state index in [0.29, 0.717) is 31.0 Å². The van der Waals surface area contributed by atoms with E-state index < -0.39 is 11.7 Å². The summed E-state index contributed by atoms with van der Waals surface area (Å²) >= 11 is 0. The summed E-state index contributed by atoms with van der Waals surface area (Å²) in [4.78, 5) is 24.8. The van der Waals surface area contributed by atoms with E-state index in [1.54, 1.807) is 6.07 Å². The van der Waals surface area contributed by atoms with Gasteiger partial charge in [0, 0.05) is 24.1 Å². The summed E-state index contributed by atoms with van der Waals surface area (Å²) in [5, 5.41) is 5.65. The molecule has 2 heterocycles. The Bertz CT molecular complexity index is 770. The van der Waals surface area contributed by atoms with Crippen molar-refractivity contribution in [3.05, 3.63) is 29.6 Å². The molecule has 1 saturated heterocycles. The van der Waals surface area contributed by atoms with Crippen LogP contribution < -0.4 is 10.6 Å². The smallest absolute Gasteiger partial charge is 0.228 e.